The molecule has 0 amide bonds. The van der Waals surface area contributed by atoms with E-state index < -0.39 is 5.41 Å². The summed E-state index contributed by atoms with van der Waals surface area (Å²) < 4.78 is 13.4. The van der Waals surface area contributed by atoms with E-state index in [1.54, 1.807) is 0 Å². The molecule has 0 saturated carbocycles. The molecule has 1 spiro atoms. The summed E-state index contributed by atoms with van der Waals surface area (Å²) in [5, 5.41) is 11.7. The second-order valence-electron chi connectivity index (χ2n) is 17.5. The Hall–Kier alpha value is -8.20. The number of fused-ring (bicyclic) bond motifs is 22. The molecule has 2 aliphatic rings. The van der Waals surface area contributed by atoms with E-state index in [9.17, 15) is 0 Å². The SMILES string of the molecule is c1ccc2c(c1)-c1ccccc1C21c2cc(-c3ccc4c(c3)oc3c5ccccc5ccc43)ccc2-c2ccc3ccc(-c4ccc5c(c4)oc4c6ccccc6ccc54)cc3c21. The van der Waals surface area contributed by atoms with Gasteiger partial charge in [-0.25, -0.2) is 0 Å². The number of benzene rings is 11. The summed E-state index contributed by atoms with van der Waals surface area (Å²) in [7, 11) is 0. The molecule has 0 aliphatic heterocycles. The zero-order valence-corrected chi connectivity index (χ0v) is 33.9. The number of hydrogen-bond donors (Lipinski definition) is 0. The Balaban J connectivity index is 0.956. The minimum atomic E-state index is -0.530. The fourth-order valence-corrected chi connectivity index (χ4v) is 11.7. The maximum Gasteiger partial charge on any atom is 0.143 e. The Morgan fingerprint density at radius 2 is 0.698 bits per heavy atom. The van der Waals surface area contributed by atoms with E-state index in [1.807, 2.05) is 0 Å². The lowest BCUT2D eigenvalue weighted by Crippen LogP contribution is -2.26. The van der Waals surface area contributed by atoms with Gasteiger partial charge in [0.2, 0.25) is 0 Å². The molecule has 0 saturated heterocycles. The van der Waals surface area contributed by atoms with E-state index in [4.69, 9.17) is 8.83 Å². The van der Waals surface area contributed by atoms with E-state index in [0.717, 1.165) is 65.8 Å². The maximum absolute atomic E-state index is 6.70. The lowest BCUT2D eigenvalue weighted by molar-refractivity contribution is 0.672. The third-order valence-corrected chi connectivity index (χ3v) is 14.5. The van der Waals surface area contributed by atoms with Gasteiger partial charge in [-0.1, -0.05) is 158 Å². The van der Waals surface area contributed by atoms with Crippen LogP contribution < -0.4 is 0 Å². The molecule has 0 fully saturated rings. The van der Waals surface area contributed by atoms with Crippen molar-refractivity contribution in [2.45, 2.75) is 5.41 Å². The highest BCUT2D eigenvalue weighted by Gasteiger charge is 2.52. The fourth-order valence-electron chi connectivity index (χ4n) is 11.7. The molecule has 0 radical (unpaired) electrons. The van der Waals surface area contributed by atoms with E-state index in [0.29, 0.717) is 0 Å². The molecule has 15 rings (SSSR count). The minimum Gasteiger partial charge on any atom is -0.455 e. The molecule has 0 atom stereocenters. The summed E-state index contributed by atoms with van der Waals surface area (Å²) in [5.41, 5.74) is 18.3. The van der Waals surface area contributed by atoms with Crippen LogP contribution in [0.3, 0.4) is 0 Å². The van der Waals surface area contributed by atoms with Crippen LogP contribution in [-0.2, 0) is 5.41 Å². The van der Waals surface area contributed by atoms with Crippen molar-refractivity contribution in [1.29, 1.82) is 0 Å². The van der Waals surface area contributed by atoms with Crippen molar-refractivity contribution in [3.63, 3.8) is 0 Å². The van der Waals surface area contributed by atoms with Gasteiger partial charge in [-0.2, -0.15) is 0 Å². The van der Waals surface area contributed by atoms with E-state index in [1.165, 1.54) is 77.2 Å². The van der Waals surface area contributed by atoms with Crippen LogP contribution in [0, 0.1) is 0 Å². The van der Waals surface area contributed by atoms with Gasteiger partial charge < -0.3 is 8.83 Å². The van der Waals surface area contributed by atoms with Crippen molar-refractivity contribution >= 4 is 76.2 Å². The van der Waals surface area contributed by atoms with Crippen LogP contribution in [0.25, 0.3) is 121 Å². The normalized spacial score (nSPS) is 13.5. The summed E-state index contributed by atoms with van der Waals surface area (Å²) in [6, 6.07) is 76.2. The molecule has 2 heterocycles. The lowest BCUT2D eigenvalue weighted by Gasteiger charge is -2.32. The first-order chi connectivity index (χ1) is 31.2. The van der Waals surface area contributed by atoms with Crippen LogP contribution in [-0.4, -0.2) is 0 Å². The van der Waals surface area contributed by atoms with Crippen molar-refractivity contribution in [3.8, 4) is 44.5 Å². The molecule has 13 aromatic rings. The van der Waals surface area contributed by atoms with Crippen LogP contribution >= 0.6 is 0 Å². The highest BCUT2D eigenvalue weighted by Crippen LogP contribution is 2.64. The molecule has 0 N–H and O–H groups in total. The van der Waals surface area contributed by atoms with Gasteiger partial charge in [0.15, 0.2) is 0 Å². The topological polar surface area (TPSA) is 26.3 Å². The molecular formula is C61H34O2. The van der Waals surface area contributed by atoms with Gasteiger partial charge in [-0.3, -0.25) is 0 Å². The Labute approximate surface area is 361 Å². The molecule has 0 bridgehead atoms. The molecule has 2 heteroatoms. The largest absolute Gasteiger partial charge is 0.455 e. The fraction of sp³-hybridized carbons (Fsp3) is 0.0164. The Morgan fingerprint density at radius 1 is 0.270 bits per heavy atom. The van der Waals surface area contributed by atoms with Gasteiger partial charge in [-0.05, 0) is 137 Å². The van der Waals surface area contributed by atoms with Gasteiger partial charge in [0.25, 0.3) is 0 Å². The first-order valence-electron chi connectivity index (χ1n) is 21.8. The first kappa shape index (κ1) is 33.5. The highest BCUT2D eigenvalue weighted by molar-refractivity contribution is 6.17. The maximum atomic E-state index is 6.70. The Kier molecular flexibility index (Phi) is 6.38. The zero-order chi connectivity index (χ0) is 41.0. The van der Waals surface area contributed by atoms with Gasteiger partial charge in [0.1, 0.15) is 22.3 Å². The minimum absolute atomic E-state index is 0.530. The van der Waals surface area contributed by atoms with Crippen molar-refractivity contribution < 1.29 is 8.83 Å². The molecule has 0 unspecified atom stereocenters. The number of hydrogen-bond acceptors (Lipinski definition) is 2. The van der Waals surface area contributed by atoms with Crippen molar-refractivity contribution in [1.82, 2.24) is 0 Å². The molecule has 2 nitrogen and oxygen atoms in total. The number of rotatable bonds is 2. The monoisotopic (exact) mass is 798 g/mol. The Morgan fingerprint density at radius 3 is 1.33 bits per heavy atom. The van der Waals surface area contributed by atoms with Crippen LogP contribution in [0.1, 0.15) is 22.3 Å². The quantitative estimate of drug-likeness (QED) is 0.174. The summed E-state index contributed by atoms with van der Waals surface area (Å²) in [4.78, 5) is 0. The average molecular weight is 799 g/mol. The predicted molar refractivity (Wildman–Crippen MR) is 261 cm³/mol. The summed E-state index contributed by atoms with van der Waals surface area (Å²) >= 11 is 0. The van der Waals surface area contributed by atoms with Crippen molar-refractivity contribution in [3.05, 3.63) is 229 Å². The molecular weight excluding hydrogens is 765 g/mol. The smallest absolute Gasteiger partial charge is 0.143 e. The summed E-state index contributed by atoms with van der Waals surface area (Å²) in [6.45, 7) is 0. The van der Waals surface area contributed by atoms with Gasteiger partial charge in [-0.15, -0.1) is 0 Å². The van der Waals surface area contributed by atoms with E-state index in [2.05, 4.69) is 206 Å². The average Bonchev–Trinajstić information content (AvgIpc) is 4.08. The summed E-state index contributed by atoms with van der Waals surface area (Å²) in [6.07, 6.45) is 0. The first-order valence-corrected chi connectivity index (χ1v) is 21.8. The second-order valence-corrected chi connectivity index (χ2v) is 17.5. The molecule has 63 heavy (non-hydrogen) atoms. The lowest BCUT2D eigenvalue weighted by atomic mass is 9.69. The zero-order valence-electron chi connectivity index (χ0n) is 33.9. The van der Waals surface area contributed by atoms with E-state index in [-0.39, 0.29) is 0 Å². The van der Waals surface area contributed by atoms with Crippen LogP contribution in [0.5, 0.6) is 0 Å². The highest BCUT2D eigenvalue weighted by atomic mass is 16.3. The summed E-state index contributed by atoms with van der Waals surface area (Å²) in [5.74, 6) is 0. The van der Waals surface area contributed by atoms with Crippen LogP contribution in [0.15, 0.2) is 215 Å². The van der Waals surface area contributed by atoms with Gasteiger partial charge >= 0.3 is 0 Å². The number of furan rings is 2. The molecule has 290 valence electrons. The third-order valence-electron chi connectivity index (χ3n) is 14.5. The second kappa shape index (κ2) is 12.0. The predicted octanol–water partition coefficient (Wildman–Crippen LogP) is 16.6. The molecule has 2 aromatic heterocycles. The van der Waals surface area contributed by atoms with Crippen molar-refractivity contribution in [2.75, 3.05) is 0 Å². The molecule has 11 aromatic carbocycles. The third kappa shape index (κ3) is 4.32. The Bertz CT molecular complexity index is 4110. The van der Waals surface area contributed by atoms with Crippen molar-refractivity contribution in [2.24, 2.45) is 0 Å². The van der Waals surface area contributed by atoms with Gasteiger partial charge in [0, 0.05) is 32.3 Å². The molecule has 2 aliphatic carbocycles. The van der Waals surface area contributed by atoms with Crippen LogP contribution in [0.2, 0.25) is 0 Å². The van der Waals surface area contributed by atoms with Crippen LogP contribution in [0.4, 0.5) is 0 Å². The van der Waals surface area contributed by atoms with Gasteiger partial charge in [0.05, 0.1) is 5.41 Å². The standard InChI is InChI=1S/C61H34O2/c1-3-11-42-35(9-1)20-29-50-47-26-23-40(33-56(47)62-59(42)50)38-18-17-37-19-28-49-46-25-22-39(41-24-27-48-51-30-21-36-10-2-4-12-43(36)60(51)63-57(48)34-41)32-55(46)61(58(49)52(37)31-38)53-15-7-5-13-44(53)45-14-6-8-16-54(45)61/h1-34H. The van der Waals surface area contributed by atoms with E-state index >= 15 is 0 Å².